The lowest BCUT2D eigenvalue weighted by molar-refractivity contribution is -0.126. The molecule has 0 bridgehead atoms. The summed E-state index contributed by atoms with van der Waals surface area (Å²) >= 11 is 0. The van der Waals surface area contributed by atoms with Gasteiger partial charge in [-0.05, 0) is 24.5 Å². The van der Waals surface area contributed by atoms with E-state index in [0.29, 0.717) is 6.54 Å². The lowest BCUT2D eigenvalue weighted by Gasteiger charge is -2.28. The van der Waals surface area contributed by atoms with E-state index in [9.17, 15) is 9.18 Å². The highest BCUT2D eigenvalue weighted by Gasteiger charge is 2.30. The molecule has 64 valence electrons. The quantitative estimate of drug-likeness (QED) is 0.576. The second kappa shape index (κ2) is 2.73. The number of halogens is 1. The minimum absolute atomic E-state index is 0.0197. The number of amides is 1. The first-order valence-electron chi connectivity index (χ1n) is 4.10. The van der Waals surface area contributed by atoms with Crippen LogP contribution in [0.15, 0.2) is 24.1 Å². The van der Waals surface area contributed by atoms with Gasteiger partial charge in [0.25, 0.3) is 0 Å². The molecule has 2 aliphatic rings. The van der Waals surface area contributed by atoms with Crippen molar-refractivity contribution in [1.29, 1.82) is 0 Å². The zero-order valence-corrected chi connectivity index (χ0v) is 6.59. The average molecular weight is 167 g/mol. The van der Waals surface area contributed by atoms with Crippen molar-refractivity contribution in [2.75, 3.05) is 6.54 Å². The predicted octanol–water partition coefficient (Wildman–Crippen LogP) is 1.16. The third-order valence-corrected chi connectivity index (χ3v) is 2.38. The van der Waals surface area contributed by atoms with Gasteiger partial charge in [0.2, 0.25) is 5.91 Å². The van der Waals surface area contributed by atoms with Crippen LogP contribution in [0.25, 0.3) is 0 Å². The molecule has 2 unspecified atom stereocenters. The normalized spacial score (nSPS) is 33.8. The van der Waals surface area contributed by atoms with E-state index in [1.807, 2.05) is 0 Å². The maximum absolute atomic E-state index is 12.7. The average Bonchev–Trinajstić information content (AvgIpc) is 2.04. The van der Waals surface area contributed by atoms with E-state index < -0.39 is 0 Å². The number of rotatable bonds is 0. The molecule has 0 radical (unpaired) electrons. The van der Waals surface area contributed by atoms with Gasteiger partial charge in [-0.15, -0.1) is 0 Å². The summed E-state index contributed by atoms with van der Waals surface area (Å²) in [6, 6.07) is 0. The molecule has 3 heteroatoms. The van der Waals surface area contributed by atoms with Crippen LogP contribution in [0.1, 0.15) is 6.42 Å². The number of piperidine rings is 1. The van der Waals surface area contributed by atoms with Crippen LogP contribution >= 0.6 is 0 Å². The number of allylic oxidation sites excluding steroid dienone is 3. The highest BCUT2D eigenvalue weighted by atomic mass is 19.1. The van der Waals surface area contributed by atoms with Gasteiger partial charge < -0.3 is 5.32 Å². The summed E-state index contributed by atoms with van der Waals surface area (Å²) in [6.45, 7) is 0.664. The van der Waals surface area contributed by atoms with Gasteiger partial charge in [-0.25, -0.2) is 4.39 Å². The van der Waals surface area contributed by atoms with E-state index in [2.05, 4.69) is 5.32 Å². The van der Waals surface area contributed by atoms with Crippen LogP contribution in [0.5, 0.6) is 0 Å². The zero-order valence-electron chi connectivity index (χ0n) is 6.59. The van der Waals surface area contributed by atoms with Gasteiger partial charge in [0.05, 0.1) is 5.92 Å². The lowest BCUT2D eigenvalue weighted by Crippen LogP contribution is -2.41. The number of hydrogen-bond donors (Lipinski definition) is 1. The van der Waals surface area contributed by atoms with Gasteiger partial charge >= 0.3 is 0 Å². The molecule has 1 aliphatic carbocycles. The Bertz CT molecular complexity index is 270. The zero-order chi connectivity index (χ0) is 8.55. The standard InChI is InChI=1S/C9H10FNO/c10-7-1-2-8-6(5-7)3-4-11-9(8)12/h1-2,5-6,8H,3-4H2,(H,11,12). The van der Waals surface area contributed by atoms with E-state index >= 15 is 0 Å². The van der Waals surface area contributed by atoms with Gasteiger partial charge in [0, 0.05) is 6.54 Å². The molecule has 2 rings (SSSR count). The Balaban J connectivity index is 2.22. The summed E-state index contributed by atoms with van der Waals surface area (Å²) in [5, 5.41) is 2.75. The van der Waals surface area contributed by atoms with Crippen LogP contribution in [0.2, 0.25) is 0 Å². The third-order valence-electron chi connectivity index (χ3n) is 2.38. The van der Waals surface area contributed by atoms with Crippen molar-refractivity contribution in [2.24, 2.45) is 11.8 Å². The molecule has 12 heavy (non-hydrogen) atoms. The van der Waals surface area contributed by atoms with E-state index in [1.165, 1.54) is 6.08 Å². The first kappa shape index (κ1) is 7.53. The second-order valence-electron chi connectivity index (χ2n) is 3.18. The first-order chi connectivity index (χ1) is 5.77. The van der Waals surface area contributed by atoms with Gasteiger partial charge in [0.1, 0.15) is 5.83 Å². The van der Waals surface area contributed by atoms with Crippen molar-refractivity contribution < 1.29 is 9.18 Å². The fourth-order valence-corrected chi connectivity index (χ4v) is 1.73. The molecule has 2 nitrogen and oxygen atoms in total. The summed E-state index contributed by atoms with van der Waals surface area (Å²) in [6.07, 6.45) is 5.40. The summed E-state index contributed by atoms with van der Waals surface area (Å²) in [5.74, 6) is -0.265. The van der Waals surface area contributed by atoms with Crippen LogP contribution in [0.3, 0.4) is 0 Å². The Morgan fingerprint density at radius 1 is 1.58 bits per heavy atom. The monoisotopic (exact) mass is 167 g/mol. The van der Waals surface area contributed by atoms with Gasteiger partial charge in [-0.2, -0.15) is 0 Å². The molecule has 1 saturated heterocycles. The summed E-state index contributed by atoms with van der Waals surface area (Å²) in [7, 11) is 0. The molecule has 1 fully saturated rings. The fourth-order valence-electron chi connectivity index (χ4n) is 1.73. The molecule has 0 saturated carbocycles. The molecule has 1 N–H and O–H groups in total. The number of nitrogens with one attached hydrogen (secondary N) is 1. The van der Waals surface area contributed by atoms with Crippen LogP contribution in [0.4, 0.5) is 4.39 Å². The third kappa shape index (κ3) is 1.15. The second-order valence-corrected chi connectivity index (χ2v) is 3.18. The summed E-state index contributed by atoms with van der Waals surface area (Å²) in [5.41, 5.74) is 0. The predicted molar refractivity (Wildman–Crippen MR) is 42.9 cm³/mol. The van der Waals surface area contributed by atoms with Crippen molar-refractivity contribution in [3.8, 4) is 0 Å². The number of carbonyl (C=O) groups is 1. The maximum atomic E-state index is 12.7. The van der Waals surface area contributed by atoms with Crippen molar-refractivity contribution in [1.82, 2.24) is 5.32 Å². The summed E-state index contributed by atoms with van der Waals surface area (Å²) < 4.78 is 12.7. The minimum atomic E-state index is -0.217. The Kier molecular flexibility index (Phi) is 1.71. The van der Waals surface area contributed by atoms with E-state index in [0.717, 1.165) is 6.42 Å². The van der Waals surface area contributed by atoms with Gasteiger partial charge in [-0.1, -0.05) is 6.08 Å². The van der Waals surface area contributed by atoms with Crippen molar-refractivity contribution >= 4 is 5.91 Å². The summed E-state index contributed by atoms with van der Waals surface area (Å²) in [4.78, 5) is 11.2. The number of carbonyl (C=O) groups excluding carboxylic acids is 1. The van der Waals surface area contributed by atoms with Crippen molar-refractivity contribution in [2.45, 2.75) is 6.42 Å². The molecular formula is C9H10FNO. The molecule has 0 spiro atoms. The minimum Gasteiger partial charge on any atom is -0.356 e. The molecule has 0 aromatic rings. The molecule has 1 heterocycles. The molecule has 2 atom stereocenters. The molecule has 1 aliphatic heterocycles. The molecular weight excluding hydrogens is 157 g/mol. The Morgan fingerprint density at radius 2 is 2.42 bits per heavy atom. The highest BCUT2D eigenvalue weighted by Crippen LogP contribution is 2.28. The largest absolute Gasteiger partial charge is 0.356 e. The number of fused-ring (bicyclic) bond motifs is 1. The van der Waals surface area contributed by atoms with Crippen LogP contribution < -0.4 is 5.32 Å². The Labute approximate surface area is 70.1 Å². The van der Waals surface area contributed by atoms with Crippen LogP contribution in [-0.2, 0) is 4.79 Å². The smallest absolute Gasteiger partial charge is 0.227 e. The highest BCUT2D eigenvalue weighted by molar-refractivity contribution is 5.82. The molecule has 1 amide bonds. The first-order valence-corrected chi connectivity index (χ1v) is 4.10. The SMILES string of the molecule is O=C1NCCC2C=C(F)C=CC12. The topological polar surface area (TPSA) is 29.1 Å². The maximum Gasteiger partial charge on any atom is 0.227 e. The fraction of sp³-hybridized carbons (Fsp3) is 0.444. The van der Waals surface area contributed by atoms with Crippen LogP contribution in [0, 0.1) is 11.8 Å². The Morgan fingerprint density at radius 3 is 3.25 bits per heavy atom. The van der Waals surface area contributed by atoms with E-state index in [-0.39, 0.29) is 23.6 Å². The lowest BCUT2D eigenvalue weighted by atomic mass is 9.83. The molecule has 0 aromatic heterocycles. The number of hydrogen-bond acceptors (Lipinski definition) is 1. The van der Waals surface area contributed by atoms with Gasteiger partial charge in [0.15, 0.2) is 0 Å². The van der Waals surface area contributed by atoms with Gasteiger partial charge in [-0.3, -0.25) is 4.79 Å². The molecule has 0 aromatic carbocycles. The van der Waals surface area contributed by atoms with Crippen molar-refractivity contribution in [3.05, 3.63) is 24.1 Å². The van der Waals surface area contributed by atoms with Crippen LogP contribution in [-0.4, -0.2) is 12.5 Å². The van der Waals surface area contributed by atoms with E-state index in [1.54, 1.807) is 12.2 Å². The Hall–Kier alpha value is -1.12. The van der Waals surface area contributed by atoms with Crippen molar-refractivity contribution in [3.63, 3.8) is 0 Å². The van der Waals surface area contributed by atoms with E-state index in [4.69, 9.17) is 0 Å².